The van der Waals surface area contributed by atoms with E-state index in [1.165, 1.54) is 11.3 Å². The maximum absolute atomic E-state index is 11.8. The van der Waals surface area contributed by atoms with E-state index in [1.807, 2.05) is 0 Å². The summed E-state index contributed by atoms with van der Waals surface area (Å²) < 4.78 is 40.5. The summed E-state index contributed by atoms with van der Waals surface area (Å²) in [4.78, 5) is 12.5. The molecule has 0 atom stereocenters. The molecule has 0 bridgehead atoms. The molecule has 0 aliphatic rings. The number of Topliss-reactive ketones (excluding diaryl/α,β-unsaturated/α-hetero) is 1. The number of ether oxygens (including phenoxy) is 1. The first kappa shape index (κ1) is 14.7. The Morgan fingerprint density at radius 3 is 2.65 bits per heavy atom. The molecule has 0 aliphatic heterocycles. The normalized spacial score (nSPS) is 11.8. The molecule has 0 aromatic carbocycles. The number of halogens is 4. The summed E-state index contributed by atoms with van der Waals surface area (Å²) in [6, 6.07) is 1.67. The molecule has 1 aromatic rings. The van der Waals surface area contributed by atoms with Crippen molar-refractivity contribution in [3.8, 4) is 0 Å². The van der Waals surface area contributed by atoms with Gasteiger partial charge in [0.1, 0.15) is 6.61 Å². The van der Waals surface area contributed by atoms with Gasteiger partial charge in [0.25, 0.3) is 0 Å². The number of ketones is 1. The van der Waals surface area contributed by atoms with E-state index < -0.39 is 12.8 Å². The molecule has 0 aliphatic carbocycles. The Hall–Kier alpha value is -0.400. The lowest BCUT2D eigenvalue weighted by Crippen LogP contribution is -2.18. The van der Waals surface area contributed by atoms with Crippen molar-refractivity contribution in [1.82, 2.24) is 0 Å². The fourth-order valence-electron chi connectivity index (χ4n) is 1.21. The van der Waals surface area contributed by atoms with Crippen LogP contribution in [-0.4, -0.2) is 25.2 Å². The summed E-state index contributed by atoms with van der Waals surface area (Å²) in [5, 5.41) is 0. The van der Waals surface area contributed by atoms with Crippen molar-refractivity contribution in [2.24, 2.45) is 0 Å². The SMILES string of the molecule is Cc1sc(Br)cc1C(=O)CCOCC(F)(F)F. The van der Waals surface area contributed by atoms with Crippen LogP contribution in [0.5, 0.6) is 0 Å². The number of hydrogen-bond acceptors (Lipinski definition) is 3. The quantitative estimate of drug-likeness (QED) is 0.603. The monoisotopic (exact) mass is 330 g/mol. The van der Waals surface area contributed by atoms with Gasteiger partial charge in [-0.2, -0.15) is 13.2 Å². The van der Waals surface area contributed by atoms with Gasteiger partial charge >= 0.3 is 6.18 Å². The number of carbonyl (C=O) groups excluding carboxylic acids is 1. The van der Waals surface area contributed by atoms with Crippen molar-refractivity contribution in [3.63, 3.8) is 0 Å². The van der Waals surface area contributed by atoms with Crippen molar-refractivity contribution in [2.75, 3.05) is 13.2 Å². The van der Waals surface area contributed by atoms with Gasteiger partial charge in [-0.05, 0) is 28.9 Å². The Morgan fingerprint density at radius 1 is 1.53 bits per heavy atom. The smallest absolute Gasteiger partial charge is 0.372 e. The second-order valence-electron chi connectivity index (χ2n) is 3.36. The predicted octanol–water partition coefficient (Wildman–Crippen LogP) is 3.97. The second-order valence-corrected chi connectivity index (χ2v) is 6.00. The van der Waals surface area contributed by atoms with E-state index in [9.17, 15) is 18.0 Å². The summed E-state index contributed by atoms with van der Waals surface area (Å²) in [6.07, 6.45) is -4.38. The minimum Gasteiger partial charge on any atom is -0.372 e. The standard InChI is InChI=1S/C10H10BrF3O2S/c1-6-7(4-9(11)17-6)8(15)2-3-16-5-10(12,13)14/h4H,2-3,5H2,1H3. The van der Waals surface area contributed by atoms with Crippen LogP contribution in [0.3, 0.4) is 0 Å². The van der Waals surface area contributed by atoms with Crippen molar-refractivity contribution in [1.29, 1.82) is 0 Å². The van der Waals surface area contributed by atoms with Crippen molar-refractivity contribution < 1.29 is 22.7 Å². The fraction of sp³-hybridized carbons (Fsp3) is 0.500. The van der Waals surface area contributed by atoms with Crippen LogP contribution < -0.4 is 0 Å². The summed E-state index contributed by atoms with van der Waals surface area (Å²) in [5.74, 6) is -0.202. The van der Waals surface area contributed by atoms with Gasteiger partial charge in [0.15, 0.2) is 5.78 Å². The summed E-state index contributed by atoms with van der Waals surface area (Å²) in [7, 11) is 0. The zero-order valence-electron chi connectivity index (χ0n) is 8.94. The lowest BCUT2D eigenvalue weighted by molar-refractivity contribution is -0.173. The van der Waals surface area contributed by atoms with Gasteiger partial charge in [0.2, 0.25) is 0 Å². The van der Waals surface area contributed by atoms with Gasteiger partial charge in [-0.25, -0.2) is 0 Å². The topological polar surface area (TPSA) is 26.3 Å². The van der Waals surface area contributed by atoms with Crippen molar-refractivity contribution >= 4 is 33.0 Å². The predicted molar refractivity (Wildman–Crippen MR) is 62.6 cm³/mol. The molecule has 17 heavy (non-hydrogen) atoms. The van der Waals surface area contributed by atoms with Crippen LogP contribution in [0.1, 0.15) is 21.7 Å². The summed E-state index contributed by atoms with van der Waals surface area (Å²) >= 11 is 4.66. The second kappa shape index (κ2) is 5.97. The van der Waals surface area contributed by atoms with E-state index in [2.05, 4.69) is 20.7 Å². The van der Waals surface area contributed by atoms with E-state index in [4.69, 9.17) is 0 Å². The number of thiophene rings is 1. The van der Waals surface area contributed by atoms with E-state index in [0.717, 1.165) is 8.66 Å². The largest absolute Gasteiger partial charge is 0.411 e. The molecule has 0 spiro atoms. The molecular weight excluding hydrogens is 321 g/mol. The van der Waals surface area contributed by atoms with E-state index >= 15 is 0 Å². The fourth-order valence-corrected chi connectivity index (χ4v) is 2.92. The van der Waals surface area contributed by atoms with Crippen molar-refractivity contribution in [3.05, 3.63) is 20.3 Å². The highest BCUT2D eigenvalue weighted by Gasteiger charge is 2.27. The molecule has 1 aromatic heterocycles. The molecular formula is C10H10BrF3O2S. The third-order valence-corrected chi connectivity index (χ3v) is 3.48. The molecule has 2 nitrogen and oxygen atoms in total. The average Bonchev–Trinajstić information content (AvgIpc) is 2.51. The molecule has 1 heterocycles. The van der Waals surface area contributed by atoms with Gasteiger partial charge in [-0.1, -0.05) is 0 Å². The zero-order valence-corrected chi connectivity index (χ0v) is 11.3. The van der Waals surface area contributed by atoms with Crippen LogP contribution in [0, 0.1) is 6.92 Å². The Labute approximate surface area is 109 Å². The number of aryl methyl sites for hydroxylation is 1. The van der Waals surface area contributed by atoms with E-state index in [-0.39, 0.29) is 18.8 Å². The highest BCUT2D eigenvalue weighted by molar-refractivity contribution is 9.11. The van der Waals surface area contributed by atoms with E-state index in [0.29, 0.717) is 5.56 Å². The number of alkyl halides is 3. The molecule has 0 fully saturated rings. The number of rotatable bonds is 5. The molecule has 0 N–H and O–H groups in total. The summed E-state index contributed by atoms with van der Waals surface area (Å²) in [5.41, 5.74) is 0.539. The molecule has 96 valence electrons. The Morgan fingerprint density at radius 2 is 2.18 bits per heavy atom. The molecule has 0 radical (unpaired) electrons. The molecule has 7 heteroatoms. The summed E-state index contributed by atoms with van der Waals surface area (Å²) in [6.45, 7) is 0.261. The first-order valence-corrected chi connectivity index (χ1v) is 6.34. The number of hydrogen-bond donors (Lipinski definition) is 0. The molecule has 0 saturated carbocycles. The lowest BCUT2D eigenvalue weighted by Gasteiger charge is -2.06. The third kappa shape index (κ3) is 5.18. The van der Waals surface area contributed by atoms with Crippen LogP contribution in [0.4, 0.5) is 13.2 Å². The first-order valence-electron chi connectivity index (χ1n) is 4.73. The molecule has 0 unspecified atom stereocenters. The minimum atomic E-state index is -4.34. The lowest BCUT2D eigenvalue weighted by atomic mass is 10.1. The van der Waals surface area contributed by atoms with Crippen LogP contribution in [0.15, 0.2) is 9.85 Å². The highest BCUT2D eigenvalue weighted by Crippen LogP contribution is 2.27. The minimum absolute atomic E-state index is 0.0416. The number of carbonyl (C=O) groups is 1. The van der Waals surface area contributed by atoms with Gasteiger partial charge in [-0.15, -0.1) is 11.3 Å². The average molecular weight is 331 g/mol. The zero-order chi connectivity index (χ0) is 13.1. The Bertz CT molecular complexity index is 401. The highest BCUT2D eigenvalue weighted by atomic mass is 79.9. The van der Waals surface area contributed by atoms with Gasteiger partial charge in [0.05, 0.1) is 10.4 Å². The maximum Gasteiger partial charge on any atom is 0.411 e. The molecule has 0 amide bonds. The van der Waals surface area contributed by atoms with Gasteiger partial charge in [0, 0.05) is 16.9 Å². The third-order valence-electron chi connectivity index (χ3n) is 1.93. The van der Waals surface area contributed by atoms with Gasteiger partial charge < -0.3 is 4.74 Å². The molecule has 1 rings (SSSR count). The molecule has 0 saturated heterocycles. The van der Waals surface area contributed by atoms with E-state index in [1.54, 1.807) is 13.0 Å². The van der Waals surface area contributed by atoms with Crippen molar-refractivity contribution in [2.45, 2.75) is 19.5 Å². The maximum atomic E-state index is 11.8. The van der Waals surface area contributed by atoms with Crippen LogP contribution >= 0.6 is 27.3 Å². The van der Waals surface area contributed by atoms with Crippen LogP contribution in [-0.2, 0) is 4.74 Å². The first-order chi connectivity index (χ1) is 7.79. The van der Waals surface area contributed by atoms with Crippen LogP contribution in [0.25, 0.3) is 0 Å². The Kier molecular flexibility index (Phi) is 5.15. The Balaban J connectivity index is 2.38. The van der Waals surface area contributed by atoms with Crippen LogP contribution in [0.2, 0.25) is 0 Å². The van der Waals surface area contributed by atoms with Gasteiger partial charge in [-0.3, -0.25) is 4.79 Å².